The number of carbonyl (C=O) groups excluding carboxylic acids is 3. The fourth-order valence-corrected chi connectivity index (χ4v) is 3.41. The van der Waals surface area contributed by atoms with Crippen LogP contribution in [0.1, 0.15) is 28.6 Å². The summed E-state index contributed by atoms with van der Waals surface area (Å²) in [7, 11) is 0. The van der Waals surface area contributed by atoms with Crippen molar-refractivity contribution in [2.45, 2.75) is 20.3 Å². The molecule has 1 aliphatic heterocycles. The van der Waals surface area contributed by atoms with Gasteiger partial charge in [0.05, 0.1) is 18.1 Å². The van der Waals surface area contributed by atoms with Crippen molar-refractivity contribution in [2.75, 3.05) is 23.4 Å². The van der Waals surface area contributed by atoms with Gasteiger partial charge in [-0.15, -0.1) is 11.3 Å². The summed E-state index contributed by atoms with van der Waals surface area (Å²) in [6.45, 7) is 4.26. The van der Waals surface area contributed by atoms with Gasteiger partial charge in [-0.1, -0.05) is 0 Å². The number of aryl methyl sites for hydroxylation is 1. The van der Waals surface area contributed by atoms with E-state index in [0.717, 1.165) is 4.88 Å². The molecular weight excluding hydrogens is 354 g/mol. The van der Waals surface area contributed by atoms with Gasteiger partial charge in [-0.05, 0) is 38.1 Å². The lowest BCUT2D eigenvalue weighted by Crippen LogP contribution is -2.28. The summed E-state index contributed by atoms with van der Waals surface area (Å²) in [6, 6.07) is 6.61. The van der Waals surface area contributed by atoms with E-state index in [1.54, 1.807) is 42.3 Å². The number of thiazole rings is 1. The number of anilines is 2. The van der Waals surface area contributed by atoms with Crippen LogP contribution in [0.3, 0.4) is 0 Å². The van der Waals surface area contributed by atoms with Crippen LogP contribution >= 0.6 is 11.3 Å². The molecule has 2 aromatic rings. The van der Waals surface area contributed by atoms with Gasteiger partial charge in [0, 0.05) is 29.7 Å². The summed E-state index contributed by atoms with van der Waals surface area (Å²) in [5, 5.41) is 3.30. The normalized spacial score (nSPS) is 16.6. The van der Waals surface area contributed by atoms with Crippen LogP contribution in [0.5, 0.6) is 0 Å². The predicted molar refractivity (Wildman–Crippen MR) is 98.3 cm³/mol. The molecular formula is C18H19N3O4S. The van der Waals surface area contributed by atoms with Gasteiger partial charge >= 0.3 is 5.97 Å². The van der Waals surface area contributed by atoms with Crippen LogP contribution in [-0.4, -0.2) is 35.9 Å². The third-order valence-corrected chi connectivity index (χ3v) is 4.87. The van der Waals surface area contributed by atoms with Crippen molar-refractivity contribution in [3.05, 3.63) is 40.9 Å². The molecule has 1 unspecified atom stereocenters. The number of hydrogen-bond acceptors (Lipinski definition) is 6. The van der Waals surface area contributed by atoms with Gasteiger partial charge in [0.1, 0.15) is 0 Å². The highest BCUT2D eigenvalue weighted by atomic mass is 32.1. The Kier molecular flexibility index (Phi) is 5.32. The fourth-order valence-electron chi connectivity index (χ4n) is 2.74. The number of benzene rings is 1. The fraction of sp³-hybridized carbons (Fsp3) is 0.333. The van der Waals surface area contributed by atoms with Crippen LogP contribution in [0.2, 0.25) is 0 Å². The molecule has 0 bridgehead atoms. The molecule has 2 heterocycles. The largest absolute Gasteiger partial charge is 0.462 e. The molecule has 2 amide bonds. The number of aromatic nitrogens is 1. The number of carbonyl (C=O) groups is 3. The van der Waals surface area contributed by atoms with Crippen molar-refractivity contribution in [2.24, 2.45) is 5.92 Å². The molecule has 1 aromatic heterocycles. The molecule has 0 radical (unpaired) electrons. The van der Waals surface area contributed by atoms with Crippen molar-refractivity contribution in [3.63, 3.8) is 0 Å². The maximum atomic E-state index is 12.4. The summed E-state index contributed by atoms with van der Waals surface area (Å²) in [4.78, 5) is 43.1. The van der Waals surface area contributed by atoms with E-state index in [1.165, 1.54) is 11.3 Å². The molecule has 1 atom stereocenters. The van der Waals surface area contributed by atoms with Crippen molar-refractivity contribution < 1.29 is 19.1 Å². The molecule has 0 saturated carbocycles. The zero-order valence-corrected chi connectivity index (χ0v) is 15.3. The Morgan fingerprint density at radius 2 is 2.08 bits per heavy atom. The van der Waals surface area contributed by atoms with E-state index in [4.69, 9.17) is 4.74 Å². The highest BCUT2D eigenvalue weighted by Crippen LogP contribution is 2.27. The first-order valence-electron chi connectivity index (χ1n) is 8.28. The lowest BCUT2D eigenvalue weighted by atomic mass is 10.1. The smallest absolute Gasteiger partial charge is 0.338 e. The quantitative estimate of drug-likeness (QED) is 0.814. The number of nitrogens with zero attached hydrogens (tertiary/aromatic N) is 2. The Labute approximate surface area is 155 Å². The molecule has 136 valence electrons. The summed E-state index contributed by atoms with van der Waals surface area (Å²) in [5.74, 6) is -1.16. The first-order chi connectivity index (χ1) is 12.5. The average Bonchev–Trinajstić information content (AvgIpc) is 3.21. The molecule has 8 heteroatoms. The number of esters is 1. The minimum Gasteiger partial charge on any atom is -0.462 e. The van der Waals surface area contributed by atoms with Gasteiger partial charge < -0.3 is 15.0 Å². The topological polar surface area (TPSA) is 88.6 Å². The molecule has 1 fully saturated rings. The predicted octanol–water partition coefficient (Wildman–Crippen LogP) is 2.62. The Balaban J connectivity index is 1.65. The third-order valence-electron chi connectivity index (χ3n) is 4.04. The zero-order valence-electron chi connectivity index (χ0n) is 14.5. The third kappa shape index (κ3) is 3.91. The first-order valence-corrected chi connectivity index (χ1v) is 9.10. The van der Waals surface area contributed by atoms with Crippen molar-refractivity contribution in [3.8, 4) is 0 Å². The monoisotopic (exact) mass is 373 g/mol. The van der Waals surface area contributed by atoms with E-state index in [-0.39, 0.29) is 18.2 Å². The van der Waals surface area contributed by atoms with Gasteiger partial charge in [-0.3, -0.25) is 9.59 Å². The van der Waals surface area contributed by atoms with E-state index < -0.39 is 11.9 Å². The summed E-state index contributed by atoms with van der Waals surface area (Å²) in [6.07, 6.45) is 1.84. The number of ether oxygens (including phenoxy) is 1. The van der Waals surface area contributed by atoms with Crippen molar-refractivity contribution in [1.29, 1.82) is 0 Å². The SMILES string of the molecule is CCOC(=O)c1ccc(N2CC(C(=O)Nc3ncc(C)s3)CC2=O)cc1. The summed E-state index contributed by atoms with van der Waals surface area (Å²) in [5.41, 5.74) is 1.08. The maximum Gasteiger partial charge on any atom is 0.338 e. The van der Waals surface area contributed by atoms with Gasteiger partial charge in [0.25, 0.3) is 0 Å². The van der Waals surface area contributed by atoms with Gasteiger partial charge in [-0.2, -0.15) is 0 Å². The molecule has 0 spiro atoms. The standard InChI is InChI=1S/C18H19N3O4S/c1-3-25-17(24)12-4-6-14(7-5-12)21-10-13(8-15(21)22)16(23)20-18-19-9-11(2)26-18/h4-7,9,13H,3,8,10H2,1-2H3,(H,19,20,23). The van der Waals surface area contributed by atoms with E-state index in [1.807, 2.05) is 6.92 Å². The molecule has 1 aliphatic rings. The molecule has 26 heavy (non-hydrogen) atoms. The van der Waals surface area contributed by atoms with Crippen molar-refractivity contribution >= 4 is 39.9 Å². The molecule has 0 aliphatic carbocycles. The number of rotatable bonds is 5. The average molecular weight is 373 g/mol. The summed E-state index contributed by atoms with van der Waals surface area (Å²) >= 11 is 1.40. The lowest BCUT2D eigenvalue weighted by molar-refractivity contribution is -0.122. The second-order valence-electron chi connectivity index (χ2n) is 5.94. The van der Waals surface area contributed by atoms with Crippen LogP contribution in [0.25, 0.3) is 0 Å². The Bertz CT molecular complexity index is 831. The van der Waals surface area contributed by atoms with E-state index in [0.29, 0.717) is 29.5 Å². The second kappa shape index (κ2) is 7.65. The lowest BCUT2D eigenvalue weighted by Gasteiger charge is -2.17. The Morgan fingerprint density at radius 3 is 2.69 bits per heavy atom. The van der Waals surface area contributed by atoms with Gasteiger partial charge in [0.15, 0.2) is 5.13 Å². The minimum atomic E-state index is -0.434. The molecule has 1 aromatic carbocycles. The van der Waals surface area contributed by atoms with E-state index >= 15 is 0 Å². The Hall–Kier alpha value is -2.74. The molecule has 3 rings (SSSR count). The number of nitrogens with one attached hydrogen (secondary N) is 1. The molecule has 1 saturated heterocycles. The molecule has 1 N–H and O–H groups in total. The van der Waals surface area contributed by atoms with E-state index in [9.17, 15) is 14.4 Å². The van der Waals surface area contributed by atoms with Crippen LogP contribution in [0.15, 0.2) is 30.5 Å². The van der Waals surface area contributed by atoms with E-state index in [2.05, 4.69) is 10.3 Å². The zero-order chi connectivity index (χ0) is 18.7. The maximum absolute atomic E-state index is 12.4. The highest BCUT2D eigenvalue weighted by molar-refractivity contribution is 7.15. The van der Waals surface area contributed by atoms with Gasteiger partial charge in [0.2, 0.25) is 11.8 Å². The number of hydrogen-bond donors (Lipinski definition) is 1. The second-order valence-corrected chi connectivity index (χ2v) is 7.17. The van der Waals surface area contributed by atoms with Crippen LogP contribution in [0.4, 0.5) is 10.8 Å². The van der Waals surface area contributed by atoms with Gasteiger partial charge in [-0.25, -0.2) is 9.78 Å². The van der Waals surface area contributed by atoms with Crippen LogP contribution < -0.4 is 10.2 Å². The highest BCUT2D eigenvalue weighted by Gasteiger charge is 2.35. The summed E-state index contributed by atoms with van der Waals surface area (Å²) < 4.78 is 4.94. The Morgan fingerprint density at radius 1 is 1.35 bits per heavy atom. The van der Waals surface area contributed by atoms with Crippen molar-refractivity contribution in [1.82, 2.24) is 4.98 Å². The van der Waals surface area contributed by atoms with Crippen LogP contribution in [0, 0.1) is 12.8 Å². The molecule has 7 nitrogen and oxygen atoms in total. The van der Waals surface area contributed by atoms with Crippen LogP contribution in [-0.2, 0) is 14.3 Å². The number of amides is 2. The minimum absolute atomic E-state index is 0.121. The first kappa shape index (κ1) is 18.1.